The second-order valence-corrected chi connectivity index (χ2v) is 4.95. The number of hydrogen-bond donors (Lipinski definition) is 1. The molecular weight excluding hydrogens is 304 g/mol. The number of carbonyl (C=O) groups excluding carboxylic acids is 1. The number of nitriles is 1. The number of benzene rings is 2. The Morgan fingerprint density at radius 1 is 1.12 bits per heavy atom. The van der Waals surface area contributed by atoms with E-state index in [2.05, 4.69) is 10.4 Å². The van der Waals surface area contributed by atoms with Gasteiger partial charge in [-0.3, -0.25) is 9.48 Å². The Balaban J connectivity index is 1.70. The van der Waals surface area contributed by atoms with Crippen LogP contribution in [0.15, 0.2) is 66.9 Å². The molecule has 24 heavy (non-hydrogen) atoms. The molecule has 3 aromatic rings. The maximum atomic E-state index is 12.3. The quantitative estimate of drug-likeness (QED) is 0.781. The van der Waals surface area contributed by atoms with E-state index in [1.165, 1.54) is 4.68 Å². The molecule has 0 aliphatic rings. The van der Waals surface area contributed by atoms with Crippen LogP contribution in [0, 0.1) is 11.3 Å². The van der Waals surface area contributed by atoms with Crippen LogP contribution in [0.2, 0.25) is 0 Å². The lowest BCUT2D eigenvalue weighted by Gasteiger charge is -2.07. The Labute approximate surface area is 138 Å². The third-order valence-corrected chi connectivity index (χ3v) is 3.19. The minimum absolute atomic E-state index is 0.135. The Hall–Kier alpha value is -3.59. The summed E-state index contributed by atoms with van der Waals surface area (Å²) in [5.41, 5.74) is 0.457. The second kappa shape index (κ2) is 7.11. The van der Waals surface area contributed by atoms with Crippen molar-refractivity contribution < 1.29 is 9.53 Å². The van der Waals surface area contributed by atoms with Crippen molar-refractivity contribution in [2.75, 3.05) is 5.32 Å². The molecule has 1 amide bonds. The van der Waals surface area contributed by atoms with Crippen molar-refractivity contribution in [3.8, 4) is 17.6 Å². The van der Waals surface area contributed by atoms with Crippen molar-refractivity contribution >= 4 is 11.7 Å². The molecule has 0 fully saturated rings. The van der Waals surface area contributed by atoms with Crippen LogP contribution in [0.1, 0.15) is 10.4 Å². The fraction of sp³-hybridized carbons (Fsp3) is 0.0556. The van der Waals surface area contributed by atoms with Crippen LogP contribution in [-0.2, 0) is 6.54 Å². The summed E-state index contributed by atoms with van der Waals surface area (Å²) in [5, 5.41) is 15.4. The number of rotatable bonds is 5. The highest BCUT2D eigenvalue weighted by Gasteiger charge is 2.09. The minimum Gasteiger partial charge on any atom is -0.457 e. The Kier molecular flexibility index (Phi) is 4.54. The lowest BCUT2D eigenvalue weighted by atomic mass is 10.2. The Morgan fingerprint density at radius 2 is 1.92 bits per heavy atom. The fourth-order valence-electron chi connectivity index (χ4n) is 2.10. The van der Waals surface area contributed by atoms with E-state index in [9.17, 15) is 4.79 Å². The maximum Gasteiger partial charge on any atom is 0.256 e. The summed E-state index contributed by atoms with van der Waals surface area (Å²) in [6.07, 6.45) is 1.63. The molecule has 6 nitrogen and oxygen atoms in total. The Morgan fingerprint density at radius 3 is 2.71 bits per heavy atom. The molecule has 2 aromatic carbocycles. The largest absolute Gasteiger partial charge is 0.457 e. The molecule has 3 rings (SSSR count). The lowest BCUT2D eigenvalue weighted by molar-refractivity contribution is 0.102. The van der Waals surface area contributed by atoms with Crippen molar-refractivity contribution in [1.29, 1.82) is 5.26 Å². The molecule has 1 N–H and O–H groups in total. The predicted octanol–water partition coefficient (Wildman–Crippen LogP) is 3.45. The van der Waals surface area contributed by atoms with Gasteiger partial charge in [0.1, 0.15) is 18.0 Å². The smallest absolute Gasteiger partial charge is 0.256 e. The molecule has 118 valence electrons. The van der Waals surface area contributed by atoms with Crippen molar-refractivity contribution in [1.82, 2.24) is 9.78 Å². The molecule has 0 unspecified atom stereocenters. The zero-order valence-electron chi connectivity index (χ0n) is 12.7. The molecule has 0 radical (unpaired) electrons. The van der Waals surface area contributed by atoms with Crippen LogP contribution in [0.5, 0.6) is 11.5 Å². The number of nitrogens with zero attached hydrogens (tertiary/aromatic N) is 3. The molecule has 0 aliphatic heterocycles. The third kappa shape index (κ3) is 3.78. The van der Waals surface area contributed by atoms with Crippen LogP contribution in [0.4, 0.5) is 5.82 Å². The van der Waals surface area contributed by atoms with Crippen molar-refractivity contribution in [3.63, 3.8) is 0 Å². The van der Waals surface area contributed by atoms with Gasteiger partial charge in [-0.05, 0) is 30.3 Å². The number of carbonyl (C=O) groups is 1. The zero-order chi connectivity index (χ0) is 16.8. The summed E-state index contributed by atoms with van der Waals surface area (Å²) >= 11 is 0. The highest BCUT2D eigenvalue weighted by atomic mass is 16.5. The first kappa shape index (κ1) is 15.3. The molecular formula is C18H14N4O2. The molecule has 0 saturated carbocycles. The third-order valence-electron chi connectivity index (χ3n) is 3.19. The van der Waals surface area contributed by atoms with Gasteiger partial charge in [0.05, 0.1) is 6.07 Å². The first-order valence-corrected chi connectivity index (χ1v) is 7.29. The first-order valence-electron chi connectivity index (χ1n) is 7.29. The van der Waals surface area contributed by atoms with Gasteiger partial charge in [0, 0.05) is 17.8 Å². The lowest BCUT2D eigenvalue weighted by Crippen LogP contribution is -2.12. The number of amides is 1. The molecule has 1 heterocycles. The van der Waals surface area contributed by atoms with Gasteiger partial charge in [0.15, 0.2) is 5.82 Å². The molecule has 6 heteroatoms. The molecule has 0 bridgehead atoms. The first-order chi connectivity index (χ1) is 11.7. The normalized spacial score (nSPS) is 9.96. The van der Waals surface area contributed by atoms with Gasteiger partial charge in [0.25, 0.3) is 5.91 Å². The van der Waals surface area contributed by atoms with E-state index >= 15 is 0 Å². The van der Waals surface area contributed by atoms with Crippen LogP contribution in [0.3, 0.4) is 0 Å². The van der Waals surface area contributed by atoms with Crippen molar-refractivity contribution in [3.05, 3.63) is 72.4 Å². The van der Waals surface area contributed by atoms with Crippen LogP contribution >= 0.6 is 0 Å². The van der Waals surface area contributed by atoms with Gasteiger partial charge in [-0.1, -0.05) is 24.3 Å². The maximum absolute atomic E-state index is 12.3. The monoisotopic (exact) mass is 318 g/mol. The number of hydrogen-bond acceptors (Lipinski definition) is 4. The molecule has 0 spiro atoms. The van der Waals surface area contributed by atoms with Crippen LogP contribution in [-0.4, -0.2) is 15.7 Å². The predicted molar refractivity (Wildman–Crippen MR) is 88.8 cm³/mol. The molecule has 0 atom stereocenters. The molecule has 0 saturated heterocycles. The van der Waals surface area contributed by atoms with Crippen LogP contribution < -0.4 is 10.1 Å². The van der Waals surface area contributed by atoms with E-state index in [0.29, 0.717) is 22.9 Å². The summed E-state index contributed by atoms with van der Waals surface area (Å²) in [5.74, 6) is 1.37. The standard InChI is InChI=1S/C18H14N4O2/c19-10-12-22-11-9-17(21-22)20-18(23)14-5-4-8-16(13-14)24-15-6-2-1-3-7-15/h1-9,11,13H,12H2,(H,20,21,23). The summed E-state index contributed by atoms with van der Waals surface area (Å²) < 4.78 is 7.17. The summed E-state index contributed by atoms with van der Waals surface area (Å²) in [6, 6.07) is 19.9. The van der Waals surface area contributed by atoms with E-state index in [4.69, 9.17) is 10.00 Å². The number of nitrogens with one attached hydrogen (secondary N) is 1. The summed E-state index contributed by atoms with van der Waals surface area (Å²) in [4.78, 5) is 12.3. The second-order valence-electron chi connectivity index (χ2n) is 4.95. The van der Waals surface area contributed by atoms with E-state index in [0.717, 1.165) is 0 Å². The van der Waals surface area contributed by atoms with Gasteiger partial charge < -0.3 is 10.1 Å². The minimum atomic E-state index is -0.296. The van der Waals surface area contributed by atoms with E-state index in [-0.39, 0.29) is 12.5 Å². The number of aromatic nitrogens is 2. The molecule has 0 aliphatic carbocycles. The van der Waals surface area contributed by atoms with Crippen molar-refractivity contribution in [2.45, 2.75) is 6.54 Å². The molecule has 1 aromatic heterocycles. The van der Waals surface area contributed by atoms with Crippen LogP contribution in [0.25, 0.3) is 0 Å². The van der Waals surface area contributed by atoms with Gasteiger partial charge in [0.2, 0.25) is 0 Å². The zero-order valence-corrected chi connectivity index (χ0v) is 12.7. The number of ether oxygens (including phenoxy) is 1. The SMILES string of the molecule is N#CCn1ccc(NC(=O)c2cccc(Oc3ccccc3)c2)n1. The highest BCUT2D eigenvalue weighted by Crippen LogP contribution is 2.22. The van der Waals surface area contributed by atoms with E-state index in [1.807, 2.05) is 36.4 Å². The average molecular weight is 318 g/mol. The summed E-state index contributed by atoms with van der Waals surface area (Å²) in [6.45, 7) is 0.135. The van der Waals surface area contributed by atoms with Gasteiger partial charge in [-0.2, -0.15) is 10.4 Å². The Bertz CT molecular complexity index is 881. The van der Waals surface area contributed by atoms with E-state index < -0.39 is 0 Å². The van der Waals surface area contributed by atoms with Gasteiger partial charge >= 0.3 is 0 Å². The highest BCUT2D eigenvalue weighted by molar-refractivity contribution is 6.03. The van der Waals surface area contributed by atoms with E-state index in [1.54, 1.807) is 36.5 Å². The average Bonchev–Trinajstić information content (AvgIpc) is 3.03. The van der Waals surface area contributed by atoms with Gasteiger partial charge in [-0.25, -0.2) is 0 Å². The summed E-state index contributed by atoms with van der Waals surface area (Å²) in [7, 11) is 0. The van der Waals surface area contributed by atoms with Crippen molar-refractivity contribution in [2.24, 2.45) is 0 Å². The number of anilines is 1. The topological polar surface area (TPSA) is 79.9 Å². The number of para-hydroxylation sites is 1. The fourth-order valence-corrected chi connectivity index (χ4v) is 2.10. The van der Waals surface area contributed by atoms with Gasteiger partial charge in [-0.15, -0.1) is 0 Å².